The Labute approximate surface area is 263 Å². The van der Waals surface area contributed by atoms with Gasteiger partial charge in [0.05, 0.1) is 23.7 Å². The van der Waals surface area contributed by atoms with E-state index < -0.39 is 33.9 Å². The second-order valence-electron chi connectivity index (χ2n) is 9.41. The fourth-order valence-corrected chi connectivity index (χ4v) is 7.04. The van der Waals surface area contributed by atoms with Crippen molar-refractivity contribution in [1.82, 2.24) is 15.6 Å². The predicted octanol–water partition coefficient (Wildman–Crippen LogP) is 5.67. The van der Waals surface area contributed by atoms with Gasteiger partial charge < -0.3 is 24.6 Å². The van der Waals surface area contributed by atoms with Crippen molar-refractivity contribution in [2.75, 3.05) is 11.8 Å². The van der Waals surface area contributed by atoms with E-state index in [0.717, 1.165) is 11.1 Å². The SMILES string of the molecule is COC(=O)N[C@@H](Cc1ccccc1)C(=O)N[C@@H](Cc1ccc(NSO)cc1)c1csc(CS(=O)(=O)c2ccc(Cl)cc2)n1. The minimum absolute atomic E-state index is 0.130. The molecule has 4 aromatic rings. The smallest absolute Gasteiger partial charge is 0.407 e. The van der Waals surface area contributed by atoms with Gasteiger partial charge in [-0.3, -0.25) is 4.79 Å². The highest BCUT2D eigenvalue weighted by atomic mass is 35.5. The molecule has 0 aliphatic rings. The molecule has 2 atom stereocenters. The first kappa shape index (κ1) is 32.3. The van der Waals surface area contributed by atoms with Crippen molar-refractivity contribution in [2.45, 2.75) is 35.6 Å². The van der Waals surface area contributed by atoms with Crippen molar-refractivity contribution in [1.29, 1.82) is 0 Å². The molecule has 4 N–H and O–H groups in total. The van der Waals surface area contributed by atoms with Gasteiger partial charge in [-0.25, -0.2) is 18.2 Å². The first-order chi connectivity index (χ1) is 20.7. The Morgan fingerprint density at radius 2 is 1.65 bits per heavy atom. The molecule has 0 bridgehead atoms. The maximum absolute atomic E-state index is 13.6. The third-order valence-electron chi connectivity index (χ3n) is 6.36. The number of aromatic nitrogens is 1. The van der Waals surface area contributed by atoms with E-state index in [1.807, 2.05) is 42.5 Å². The number of carbonyl (C=O) groups excluding carboxylic acids is 2. The highest BCUT2D eigenvalue weighted by Gasteiger charge is 2.27. The van der Waals surface area contributed by atoms with Crippen molar-refractivity contribution in [3.8, 4) is 0 Å². The summed E-state index contributed by atoms with van der Waals surface area (Å²) in [5.41, 5.74) is 2.85. The van der Waals surface area contributed by atoms with Crippen LogP contribution in [-0.4, -0.2) is 43.1 Å². The van der Waals surface area contributed by atoms with Gasteiger partial charge in [-0.1, -0.05) is 54.1 Å². The van der Waals surface area contributed by atoms with Crippen LogP contribution in [0.15, 0.2) is 89.1 Å². The highest BCUT2D eigenvalue weighted by molar-refractivity contribution is 7.95. The van der Waals surface area contributed by atoms with Gasteiger partial charge >= 0.3 is 6.09 Å². The molecule has 2 amide bonds. The molecule has 226 valence electrons. The standard InChI is InChI=1S/C29H29ClN4O6S3/c1-40-29(36)33-25(16-19-5-3-2-4-6-19)28(35)32-24(15-20-7-11-22(12-8-20)34-42-37)26-17-41-27(31-26)18-43(38,39)23-13-9-21(30)10-14-23/h2-14,17,24-25,34,37H,15-16,18H2,1H3,(H,32,35)(H,33,36)/t24-,25-/m0/s1. The molecule has 0 unspecified atom stereocenters. The fourth-order valence-electron chi connectivity index (χ4n) is 4.20. The predicted molar refractivity (Wildman–Crippen MR) is 169 cm³/mol. The van der Waals surface area contributed by atoms with Crippen LogP contribution in [0.4, 0.5) is 10.5 Å². The summed E-state index contributed by atoms with van der Waals surface area (Å²) in [4.78, 5) is 30.4. The fraction of sp³-hybridized carbons (Fsp3) is 0.207. The zero-order valence-corrected chi connectivity index (χ0v) is 26.1. The molecule has 14 heteroatoms. The number of hydrogen-bond donors (Lipinski definition) is 4. The Morgan fingerprint density at radius 3 is 2.30 bits per heavy atom. The topological polar surface area (TPSA) is 147 Å². The molecule has 1 aromatic heterocycles. The van der Waals surface area contributed by atoms with Gasteiger partial charge in [-0.2, -0.15) is 0 Å². The lowest BCUT2D eigenvalue weighted by Crippen LogP contribution is -2.49. The minimum Gasteiger partial charge on any atom is -0.453 e. The molecule has 0 fully saturated rings. The average Bonchev–Trinajstić information content (AvgIpc) is 3.46. The van der Waals surface area contributed by atoms with Crippen LogP contribution < -0.4 is 15.4 Å². The molecule has 0 radical (unpaired) electrons. The van der Waals surface area contributed by atoms with Gasteiger partial charge in [0.2, 0.25) is 5.91 Å². The molecule has 4 rings (SSSR count). The summed E-state index contributed by atoms with van der Waals surface area (Å²) in [7, 11) is -2.47. The van der Waals surface area contributed by atoms with Crippen molar-refractivity contribution in [2.24, 2.45) is 0 Å². The van der Waals surface area contributed by atoms with E-state index in [2.05, 4.69) is 20.3 Å². The number of thiazole rings is 1. The monoisotopic (exact) mass is 660 g/mol. The van der Waals surface area contributed by atoms with Gasteiger partial charge in [0.1, 0.15) is 29.0 Å². The summed E-state index contributed by atoms with van der Waals surface area (Å²) in [6.07, 6.45) is -0.211. The zero-order valence-electron chi connectivity index (χ0n) is 22.9. The Hall–Kier alpha value is -3.62. The van der Waals surface area contributed by atoms with Crippen LogP contribution in [0.25, 0.3) is 0 Å². The molecular weight excluding hydrogens is 632 g/mol. The second kappa shape index (κ2) is 15.2. The molecule has 3 aromatic carbocycles. The van der Waals surface area contributed by atoms with Crippen LogP contribution in [-0.2, 0) is 38.0 Å². The average molecular weight is 661 g/mol. The third-order valence-corrected chi connectivity index (χ3v) is 9.64. The van der Waals surface area contributed by atoms with E-state index in [9.17, 15) is 18.0 Å². The Bertz CT molecular complexity index is 1620. The van der Waals surface area contributed by atoms with Crippen LogP contribution in [0.2, 0.25) is 5.02 Å². The summed E-state index contributed by atoms with van der Waals surface area (Å²) in [5, 5.41) is 8.11. The van der Waals surface area contributed by atoms with Crippen molar-refractivity contribution < 1.29 is 27.3 Å². The van der Waals surface area contributed by atoms with E-state index in [1.54, 1.807) is 17.5 Å². The summed E-state index contributed by atoms with van der Waals surface area (Å²) in [6.45, 7) is 0. The molecule has 43 heavy (non-hydrogen) atoms. The normalized spacial score (nSPS) is 12.6. The van der Waals surface area contributed by atoms with Gasteiger partial charge in [-0.05, 0) is 53.9 Å². The Kier molecular flexibility index (Phi) is 11.4. The third kappa shape index (κ3) is 9.43. The van der Waals surface area contributed by atoms with Crippen LogP contribution >= 0.6 is 35.2 Å². The number of benzene rings is 3. The van der Waals surface area contributed by atoms with Crippen LogP contribution in [0.3, 0.4) is 0 Å². The minimum atomic E-state index is -3.69. The number of nitrogens with one attached hydrogen (secondary N) is 3. The molecule has 0 saturated heterocycles. The second-order valence-corrected chi connectivity index (χ2v) is 13.2. The number of carbonyl (C=O) groups is 2. The molecule has 0 aliphatic heterocycles. The summed E-state index contributed by atoms with van der Waals surface area (Å²) in [6, 6.07) is 20.8. The Balaban J connectivity index is 1.59. The number of sulfone groups is 1. The number of nitrogens with zero attached hydrogens (tertiary/aromatic N) is 1. The maximum Gasteiger partial charge on any atom is 0.407 e. The van der Waals surface area contributed by atoms with Crippen LogP contribution in [0.1, 0.15) is 27.9 Å². The molecular formula is C29H29ClN4O6S3. The molecule has 1 heterocycles. The molecule has 0 spiro atoms. The molecule has 10 nitrogen and oxygen atoms in total. The van der Waals surface area contributed by atoms with E-state index in [0.29, 0.717) is 40.1 Å². The highest BCUT2D eigenvalue weighted by Crippen LogP contribution is 2.26. The number of amides is 2. The number of anilines is 1. The van der Waals surface area contributed by atoms with E-state index in [4.69, 9.17) is 20.9 Å². The zero-order chi connectivity index (χ0) is 30.8. The first-order valence-electron chi connectivity index (χ1n) is 12.9. The first-order valence-corrected chi connectivity index (χ1v) is 16.6. The number of alkyl carbamates (subject to hydrolysis) is 1. The quantitative estimate of drug-likeness (QED) is 0.105. The van der Waals surface area contributed by atoms with E-state index in [1.165, 1.54) is 42.7 Å². The summed E-state index contributed by atoms with van der Waals surface area (Å²) in [5.74, 6) is -0.780. The van der Waals surface area contributed by atoms with Gasteiger partial charge in [0.15, 0.2) is 9.84 Å². The maximum atomic E-state index is 13.6. The number of methoxy groups -OCH3 is 1. The lowest BCUT2D eigenvalue weighted by atomic mass is 10.0. The molecule has 0 saturated carbocycles. The number of rotatable bonds is 13. The lowest BCUT2D eigenvalue weighted by molar-refractivity contribution is -0.123. The van der Waals surface area contributed by atoms with Gasteiger partial charge in [0, 0.05) is 22.5 Å². The van der Waals surface area contributed by atoms with E-state index >= 15 is 0 Å². The van der Waals surface area contributed by atoms with Crippen molar-refractivity contribution >= 4 is 62.7 Å². The van der Waals surface area contributed by atoms with Crippen LogP contribution in [0, 0.1) is 0 Å². The largest absolute Gasteiger partial charge is 0.453 e. The van der Waals surface area contributed by atoms with Gasteiger partial charge in [-0.15, -0.1) is 11.3 Å². The number of hydrogen-bond acceptors (Lipinski definition) is 10. The Morgan fingerprint density at radius 1 is 0.977 bits per heavy atom. The van der Waals surface area contributed by atoms with Crippen molar-refractivity contribution in [3.05, 3.63) is 111 Å². The van der Waals surface area contributed by atoms with Crippen LogP contribution in [0.5, 0.6) is 0 Å². The van der Waals surface area contributed by atoms with Gasteiger partial charge in [0.25, 0.3) is 0 Å². The number of ether oxygens (including phenoxy) is 1. The lowest BCUT2D eigenvalue weighted by Gasteiger charge is -2.23. The van der Waals surface area contributed by atoms with E-state index in [-0.39, 0.29) is 17.1 Å². The van der Waals surface area contributed by atoms with Crippen molar-refractivity contribution in [3.63, 3.8) is 0 Å². The molecule has 0 aliphatic carbocycles. The summed E-state index contributed by atoms with van der Waals surface area (Å²) >= 11 is 7.57. The number of halogens is 1. The summed E-state index contributed by atoms with van der Waals surface area (Å²) < 4.78 is 42.6.